The number of guanidine groups is 1. The first-order valence-electron chi connectivity index (χ1n) is 8.42. The van der Waals surface area contributed by atoms with Crippen molar-refractivity contribution in [1.29, 1.82) is 0 Å². The SMILES string of the molecule is CCNC(=NCC1CC1C)N1CCCC2(CNC(=O)C2)C1.I. The van der Waals surface area contributed by atoms with E-state index < -0.39 is 0 Å². The van der Waals surface area contributed by atoms with Crippen molar-refractivity contribution in [3.63, 3.8) is 0 Å². The fourth-order valence-electron chi connectivity index (χ4n) is 3.71. The molecule has 126 valence electrons. The van der Waals surface area contributed by atoms with Crippen LogP contribution in [0.3, 0.4) is 0 Å². The average Bonchev–Trinajstić information content (AvgIpc) is 3.06. The highest BCUT2D eigenvalue weighted by Crippen LogP contribution is 2.38. The molecule has 0 radical (unpaired) electrons. The zero-order valence-electron chi connectivity index (χ0n) is 13.7. The summed E-state index contributed by atoms with van der Waals surface area (Å²) in [5.74, 6) is 2.90. The monoisotopic (exact) mass is 420 g/mol. The van der Waals surface area contributed by atoms with Crippen LogP contribution in [0.25, 0.3) is 0 Å². The molecule has 3 aliphatic rings. The molecule has 0 aromatic carbocycles. The van der Waals surface area contributed by atoms with Gasteiger partial charge in [-0.15, -0.1) is 24.0 Å². The fourth-order valence-corrected chi connectivity index (χ4v) is 3.71. The number of likely N-dealkylation sites (tertiary alicyclic amines) is 1. The van der Waals surface area contributed by atoms with Crippen LogP contribution in [0.1, 0.15) is 39.5 Å². The normalized spacial score (nSPS) is 34.4. The lowest BCUT2D eigenvalue weighted by molar-refractivity contribution is -0.119. The summed E-state index contributed by atoms with van der Waals surface area (Å²) in [4.78, 5) is 18.8. The number of hydrogen-bond acceptors (Lipinski definition) is 2. The number of aliphatic imine (C=N–C) groups is 1. The van der Waals surface area contributed by atoms with E-state index in [9.17, 15) is 4.79 Å². The van der Waals surface area contributed by atoms with E-state index in [1.165, 1.54) is 6.42 Å². The molecule has 2 heterocycles. The van der Waals surface area contributed by atoms with Gasteiger partial charge >= 0.3 is 0 Å². The van der Waals surface area contributed by atoms with Crippen LogP contribution in [-0.2, 0) is 4.79 Å². The molecule has 0 aromatic heterocycles. The summed E-state index contributed by atoms with van der Waals surface area (Å²) in [6.45, 7) is 9.12. The highest BCUT2D eigenvalue weighted by molar-refractivity contribution is 14.0. The molecule has 2 saturated heterocycles. The third kappa shape index (κ3) is 4.06. The van der Waals surface area contributed by atoms with Crippen LogP contribution in [0.2, 0.25) is 0 Å². The Bertz CT molecular complexity index is 442. The van der Waals surface area contributed by atoms with Gasteiger partial charge in [0.05, 0.1) is 0 Å². The summed E-state index contributed by atoms with van der Waals surface area (Å²) in [5.41, 5.74) is 0.137. The van der Waals surface area contributed by atoms with E-state index in [0.717, 1.165) is 63.4 Å². The maximum atomic E-state index is 11.6. The van der Waals surface area contributed by atoms with E-state index in [-0.39, 0.29) is 35.3 Å². The lowest BCUT2D eigenvalue weighted by atomic mass is 9.79. The summed E-state index contributed by atoms with van der Waals surface area (Å²) >= 11 is 0. The maximum absolute atomic E-state index is 11.6. The third-order valence-corrected chi connectivity index (χ3v) is 5.24. The number of hydrogen-bond donors (Lipinski definition) is 2. The Kier molecular flexibility index (Phi) is 5.96. The average molecular weight is 420 g/mol. The first-order valence-corrected chi connectivity index (χ1v) is 8.42. The predicted molar refractivity (Wildman–Crippen MR) is 99.5 cm³/mol. The number of carbonyl (C=O) groups is 1. The van der Waals surface area contributed by atoms with Gasteiger partial charge in [-0.2, -0.15) is 0 Å². The second-order valence-corrected chi connectivity index (χ2v) is 7.15. The maximum Gasteiger partial charge on any atom is 0.220 e. The van der Waals surface area contributed by atoms with Crippen LogP contribution in [0.5, 0.6) is 0 Å². The smallest absolute Gasteiger partial charge is 0.220 e. The van der Waals surface area contributed by atoms with Gasteiger partial charge in [-0.1, -0.05) is 6.92 Å². The van der Waals surface area contributed by atoms with Crippen LogP contribution >= 0.6 is 24.0 Å². The minimum absolute atomic E-state index is 0. The van der Waals surface area contributed by atoms with Gasteiger partial charge in [-0.05, 0) is 38.0 Å². The summed E-state index contributed by atoms with van der Waals surface area (Å²) in [5, 5.41) is 6.45. The molecule has 0 aromatic rings. The van der Waals surface area contributed by atoms with Gasteiger partial charge in [-0.25, -0.2) is 0 Å². The van der Waals surface area contributed by atoms with Crippen LogP contribution < -0.4 is 10.6 Å². The molecule has 2 N–H and O–H groups in total. The van der Waals surface area contributed by atoms with Gasteiger partial charge < -0.3 is 15.5 Å². The summed E-state index contributed by atoms with van der Waals surface area (Å²) < 4.78 is 0. The lowest BCUT2D eigenvalue weighted by Gasteiger charge is -2.40. The van der Waals surface area contributed by atoms with Gasteiger partial charge in [0.1, 0.15) is 0 Å². The molecule has 3 unspecified atom stereocenters. The number of rotatable bonds is 3. The Balaban J connectivity index is 0.00000176. The first kappa shape index (κ1) is 17.8. The lowest BCUT2D eigenvalue weighted by Crippen LogP contribution is -2.51. The third-order valence-electron chi connectivity index (χ3n) is 5.24. The Labute approximate surface area is 150 Å². The number of halogens is 1. The molecule has 3 rings (SSSR count). The molecule has 22 heavy (non-hydrogen) atoms. The molecule has 1 amide bonds. The highest BCUT2D eigenvalue weighted by Gasteiger charge is 2.42. The van der Waals surface area contributed by atoms with E-state index in [4.69, 9.17) is 4.99 Å². The highest BCUT2D eigenvalue weighted by atomic mass is 127. The van der Waals surface area contributed by atoms with Gasteiger partial charge in [0.15, 0.2) is 5.96 Å². The largest absolute Gasteiger partial charge is 0.357 e. The molecule has 2 aliphatic heterocycles. The zero-order chi connectivity index (χ0) is 14.9. The molecule has 5 nitrogen and oxygen atoms in total. The van der Waals surface area contributed by atoms with E-state index in [1.54, 1.807) is 0 Å². The summed E-state index contributed by atoms with van der Waals surface area (Å²) in [6, 6.07) is 0. The van der Waals surface area contributed by atoms with Crippen molar-refractivity contribution < 1.29 is 4.79 Å². The van der Waals surface area contributed by atoms with Gasteiger partial charge in [0, 0.05) is 44.6 Å². The van der Waals surface area contributed by atoms with Crippen LogP contribution in [0.4, 0.5) is 0 Å². The van der Waals surface area contributed by atoms with Crippen molar-refractivity contribution in [1.82, 2.24) is 15.5 Å². The molecule has 3 fully saturated rings. The molecular weight excluding hydrogens is 391 g/mol. The van der Waals surface area contributed by atoms with E-state index >= 15 is 0 Å². The molecule has 1 saturated carbocycles. The number of nitrogens with zero attached hydrogens (tertiary/aromatic N) is 2. The molecule has 1 aliphatic carbocycles. The molecular formula is C16H29IN4O. The number of piperidine rings is 1. The van der Waals surface area contributed by atoms with E-state index in [2.05, 4.69) is 29.4 Å². The number of amides is 1. The van der Waals surface area contributed by atoms with E-state index in [0.29, 0.717) is 6.42 Å². The predicted octanol–water partition coefficient (Wildman–Crippen LogP) is 1.83. The Morgan fingerprint density at radius 2 is 2.32 bits per heavy atom. The standard InChI is InChI=1S/C16H28N4O.HI/c1-3-17-15(18-9-13-7-12(13)2)20-6-4-5-16(11-20)8-14(21)19-10-16;/h12-13H,3-11H2,1-2H3,(H,17,18)(H,19,21);1H. The summed E-state index contributed by atoms with van der Waals surface area (Å²) in [7, 11) is 0. The van der Waals surface area contributed by atoms with Gasteiger partial charge in [0.25, 0.3) is 0 Å². The van der Waals surface area contributed by atoms with Crippen molar-refractivity contribution in [2.24, 2.45) is 22.2 Å². The van der Waals surface area contributed by atoms with E-state index in [1.807, 2.05) is 0 Å². The Morgan fingerprint density at radius 3 is 2.91 bits per heavy atom. The second-order valence-electron chi connectivity index (χ2n) is 7.15. The molecule has 1 spiro atoms. The minimum atomic E-state index is 0. The van der Waals surface area contributed by atoms with Crippen molar-refractivity contribution in [3.05, 3.63) is 0 Å². The fraction of sp³-hybridized carbons (Fsp3) is 0.875. The van der Waals surface area contributed by atoms with Gasteiger partial charge in [-0.3, -0.25) is 9.79 Å². The minimum Gasteiger partial charge on any atom is -0.357 e. The molecule has 6 heteroatoms. The van der Waals surface area contributed by atoms with Crippen molar-refractivity contribution in [2.45, 2.75) is 39.5 Å². The quantitative estimate of drug-likeness (QED) is 0.416. The summed E-state index contributed by atoms with van der Waals surface area (Å²) in [6.07, 6.45) is 4.31. The Hall–Kier alpha value is -0.530. The van der Waals surface area contributed by atoms with Crippen LogP contribution in [0, 0.1) is 17.3 Å². The second kappa shape index (κ2) is 7.36. The zero-order valence-corrected chi connectivity index (χ0v) is 16.1. The number of nitrogens with one attached hydrogen (secondary N) is 2. The van der Waals surface area contributed by atoms with Crippen molar-refractivity contribution >= 4 is 35.8 Å². The Morgan fingerprint density at radius 1 is 1.55 bits per heavy atom. The first-order chi connectivity index (χ1) is 10.1. The van der Waals surface area contributed by atoms with Crippen LogP contribution in [-0.4, -0.2) is 49.5 Å². The molecule has 3 atom stereocenters. The van der Waals surface area contributed by atoms with Gasteiger partial charge in [0.2, 0.25) is 5.91 Å². The van der Waals surface area contributed by atoms with Crippen molar-refractivity contribution in [2.75, 3.05) is 32.7 Å². The molecule has 0 bridgehead atoms. The van der Waals surface area contributed by atoms with Crippen LogP contribution in [0.15, 0.2) is 4.99 Å². The van der Waals surface area contributed by atoms with Crippen molar-refractivity contribution in [3.8, 4) is 0 Å². The topological polar surface area (TPSA) is 56.7 Å². The number of carbonyl (C=O) groups excluding carboxylic acids is 1.